The first-order valence-electron chi connectivity index (χ1n) is 15.0. The van der Waals surface area contributed by atoms with E-state index in [1.165, 1.54) is 13.2 Å². The molecule has 0 spiro atoms. The maximum absolute atomic E-state index is 14.2. The van der Waals surface area contributed by atoms with E-state index in [1.807, 2.05) is 0 Å². The molecule has 4 aliphatic rings. The number of aliphatic hydroxyl groups excluding tert-OH is 2. The van der Waals surface area contributed by atoms with E-state index < -0.39 is 95.7 Å². The van der Waals surface area contributed by atoms with Crippen LogP contribution in [0.3, 0.4) is 0 Å². The molecule has 13 heteroatoms. The quantitative estimate of drug-likeness (QED) is 0.212. The lowest BCUT2D eigenvalue weighted by Gasteiger charge is -2.42. The Balaban J connectivity index is 1.50. The summed E-state index contributed by atoms with van der Waals surface area (Å²) in [7, 11) is 1.37. The Hall–Kier alpha value is -3.43. The highest BCUT2D eigenvalue weighted by molar-refractivity contribution is 6.31. The molecule has 13 nitrogen and oxygen atoms in total. The highest BCUT2D eigenvalue weighted by Gasteiger charge is 2.50. The number of hydrogen-bond acceptors (Lipinski definition) is 13. The molecule has 7 atom stereocenters. The summed E-state index contributed by atoms with van der Waals surface area (Å²) >= 11 is 0. The van der Waals surface area contributed by atoms with Crippen molar-refractivity contribution in [3.63, 3.8) is 0 Å². The van der Waals surface area contributed by atoms with Gasteiger partial charge in [-0.1, -0.05) is 6.07 Å². The second-order valence-corrected chi connectivity index (χ2v) is 12.2. The molecule has 0 radical (unpaired) electrons. The molecule has 2 aromatic rings. The molecule has 2 saturated heterocycles. The number of aromatic hydroxyl groups is 2. The first-order valence-corrected chi connectivity index (χ1v) is 15.0. The number of rotatable bonds is 6. The van der Waals surface area contributed by atoms with Crippen LogP contribution >= 0.6 is 0 Å². The fraction of sp³-hybridized carbons (Fsp3) is 0.531. The van der Waals surface area contributed by atoms with Crippen LogP contribution in [0.5, 0.6) is 17.2 Å². The molecule has 7 N–H and O–H groups in total. The first-order chi connectivity index (χ1) is 21.4. The summed E-state index contributed by atoms with van der Waals surface area (Å²) in [5.41, 5.74) is 2.98. The number of carbonyl (C=O) groups excluding carboxylic acids is 3. The average molecular weight is 628 g/mol. The molecule has 6 rings (SSSR count). The summed E-state index contributed by atoms with van der Waals surface area (Å²) in [6.07, 6.45) is -3.09. The van der Waals surface area contributed by atoms with Crippen LogP contribution in [0.15, 0.2) is 12.1 Å². The van der Waals surface area contributed by atoms with E-state index in [-0.39, 0.29) is 40.5 Å². The Morgan fingerprint density at radius 2 is 1.84 bits per heavy atom. The van der Waals surface area contributed by atoms with Crippen molar-refractivity contribution >= 4 is 17.3 Å². The largest absolute Gasteiger partial charge is 0.507 e. The molecular formula is C32H37NO12. The topological polar surface area (TPSA) is 215 Å². The first kappa shape index (κ1) is 31.5. The van der Waals surface area contributed by atoms with Gasteiger partial charge in [-0.3, -0.25) is 14.4 Å². The molecule has 2 aromatic carbocycles. The third-order valence-electron chi connectivity index (χ3n) is 9.48. The number of hydrogen-bond donors (Lipinski definition) is 6. The fourth-order valence-corrected chi connectivity index (χ4v) is 7.10. The molecule has 7 unspecified atom stereocenters. The zero-order chi connectivity index (χ0) is 32.4. The van der Waals surface area contributed by atoms with Gasteiger partial charge in [0.25, 0.3) is 0 Å². The predicted molar refractivity (Wildman–Crippen MR) is 154 cm³/mol. The minimum absolute atomic E-state index is 0.00933. The normalized spacial score (nSPS) is 31.2. The third kappa shape index (κ3) is 5.03. The Kier molecular flexibility index (Phi) is 8.23. The SMILES string of the molecule is COc1c(C2CCCCO2)ccc2c1C(=O)c1c(O)c3c(c(O)c1C2=O)CC(O)(C(=O)CO)CC3OC1CC(N)C(O)C(C)O1. The van der Waals surface area contributed by atoms with Crippen LogP contribution in [0.2, 0.25) is 0 Å². The van der Waals surface area contributed by atoms with Gasteiger partial charge >= 0.3 is 0 Å². The standard InChI is InChI=1S/C32H37NO12/c1-13-26(36)17(33)9-21(44-13)45-19-11-32(41,20(35)12-34)10-16-22(19)29(39)25-24(28(16)38)27(37)15-7-6-14(18-5-3-4-8-43-18)31(42-2)23(15)30(25)40/h6-7,13,17-19,21,26,34,36,38-39,41H,3-5,8-12,33H2,1-2H3. The van der Waals surface area contributed by atoms with Gasteiger partial charge in [-0.15, -0.1) is 0 Å². The van der Waals surface area contributed by atoms with Gasteiger partial charge in [0.05, 0.1) is 48.2 Å². The smallest absolute Gasteiger partial charge is 0.202 e. The molecule has 2 aliphatic carbocycles. The molecule has 2 aliphatic heterocycles. The molecule has 0 amide bonds. The summed E-state index contributed by atoms with van der Waals surface area (Å²) in [6, 6.07) is 2.37. The van der Waals surface area contributed by atoms with Crippen LogP contribution in [0.1, 0.15) is 99.8 Å². The lowest BCUT2D eigenvalue weighted by molar-refractivity contribution is -0.247. The lowest BCUT2D eigenvalue weighted by Crippen LogP contribution is -2.53. The summed E-state index contributed by atoms with van der Waals surface area (Å²) in [5.74, 6) is -3.76. The second kappa shape index (κ2) is 11.7. The number of methoxy groups -OCH3 is 1. The minimum atomic E-state index is -2.26. The van der Waals surface area contributed by atoms with Gasteiger partial charge in [-0.2, -0.15) is 0 Å². The predicted octanol–water partition coefficient (Wildman–Crippen LogP) is 1.24. The van der Waals surface area contributed by atoms with Crippen molar-refractivity contribution in [2.45, 2.75) is 87.8 Å². The lowest BCUT2D eigenvalue weighted by atomic mass is 9.71. The van der Waals surface area contributed by atoms with Gasteiger partial charge in [-0.05, 0) is 32.3 Å². The van der Waals surface area contributed by atoms with Crippen LogP contribution in [-0.2, 0) is 25.4 Å². The monoisotopic (exact) mass is 627 g/mol. The number of ketones is 3. The Bertz CT molecular complexity index is 1550. The number of aliphatic hydroxyl groups is 3. The highest BCUT2D eigenvalue weighted by Crippen LogP contribution is 2.53. The third-order valence-corrected chi connectivity index (χ3v) is 9.48. The van der Waals surface area contributed by atoms with Crippen molar-refractivity contribution in [3.8, 4) is 17.2 Å². The van der Waals surface area contributed by atoms with Crippen LogP contribution in [0, 0.1) is 0 Å². The number of ether oxygens (including phenoxy) is 4. The van der Waals surface area contributed by atoms with Crippen molar-refractivity contribution in [1.82, 2.24) is 0 Å². The van der Waals surface area contributed by atoms with E-state index in [9.17, 15) is 39.9 Å². The number of benzene rings is 2. The number of carbonyl (C=O) groups is 3. The molecular weight excluding hydrogens is 590 g/mol. The van der Waals surface area contributed by atoms with E-state index in [0.29, 0.717) is 18.6 Å². The molecule has 0 aromatic heterocycles. The van der Waals surface area contributed by atoms with Gasteiger partial charge in [0, 0.05) is 54.2 Å². The van der Waals surface area contributed by atoms with E-state index in [0.717, 1.165) is 12.8 Å². The average Bonchev–Trinajstić information content (AvgIpc) is 3.03. The minimum Gasteiger partial charge on any atom is -0.507 e. The van der Waals surface area contributed by atoms with Crippen LogP contribution in [0.4, 0.5) is 0 Å². The summed E-state index contributed by atoms with van der Waals surface area (Å²) in [5, 5.41) is 54.6. The van der Waals surface area contributed by atoms with Gasteiger partial charge in [0.1, 0.15) is 29.5 Å². The fourth-order valence-electron chi connectivity index (χ4n) is 7.10. The van der Waals surface area contributed by atoms with Gasteiger partial charge in [-0.25, -0.2) is 0 Å². The van der Waals surface area contributed by atoms with Crippen LogP contribution in [0.25, 0.3) is 0 Å². The summed E-state index contributed by atoms with van der Waals surface area (Å²) < 4.78 is 23.5. The zero-order valence-electron chi connectivity index (χ0n) is 24.9. The van der Waals surface area contributed by atoms with E-state index in [1.54, 1.807) is 13.0 Å². The second-order valence-electron chi connectivity index (χ2n) is 12.2. The summed E-state index contributed by atoms with van der Waals surface area (Å²) in [6.45, 7) is 1.09. The van der Waals surface area contributed by atoms with Gasteiger partial charge in [0.15, 0.2) is 17.9 Å². The zero-order valence-corrected chi connectivity index (χ0v) is 24.9. The summed E-state index contributed by atoms with van der Waals surface area (Å²) in [4.78, 5) is 40.9. The Morgan fingerprint density at radius 1 is 1.11 bits per heavy atom. The molecule has 45 heavy (non-hydrogen) atoms. The Morgan fingerprint density at radius 3 is 2.49 bits per heavy atom. The molecule has 2 heterocycles. The molecule has 0 bridgehead atoms. The van der Waals surface area contributed by atoms with Gasteiger partial charge in [0.2, 0.25) is 5.78 Å². The number of phenolic OH excluding ortho intramolecular Hbond substituents is 2. The Labute approximate surface area is 258 Å². The van der Waals surface area contributed by atoms with Gasteiger partial charge < -0.3 is 50.2 Å². The number of fused-ring (bicyclic) bond motifs is 3. The number of Topliss-reactive ketones (excluding diaryl/α,β-unsaturated/α-hetero) is 1. The van der Waals surface area contributed by atoms with Crippen molar-refractivity contribution in [1.29, 1.82) is 0 Å². The number of nitrogens with two attached hydrogens (primary N) is 1. The van der Waals surface area contributed by atoms with E-state index in [2.05, 4.69) is 0 Å². The van der Waals surface area contributed by atoms with E-state index in [4.69, 9.17) is 24.7 Å². The molecule has 2 fully saturated rings. The molecule has 0 saturated carbocycles. The van der Waals surface area contributed by atoms with Crippen LogP contribution in [-0.4, -0.2) is 93.3 Å². The van der Waals surface area contributed by atoms with E-state index >= 15 is 0 Å². The van der Waals surface area contributed by atoms with Crippen molar-refractivity contribution in [2.75, 3.05) is 20.3 Å². The van der Waals surface area contributed by atoms with Crippen molar-refractivity contribution < 1.29 is 58.9 Å². The van der Waals surface area contributed by atoms with Crippen molar-refractivity contribution in [2.24, 2.45) is 5.73 Å². The van der Waals surface area contributed by atoms with Crippen LogP contribution < -0.4 is 10.5 Å². The maximum Gasteiger partial charge on any atom is 0.202 e. The maximum atomic E-state index is 14.2. The highest BCUT2D eigenvalue weighted by atomic mass is 16.7. The molecule has 242 valence electrons. The van der Waals surface area contributed by atoms with Crippen molar-refractivity contribution in [3.05, 3.63) is 51.1 Å². The number of phenols is 2.